The van der Waals surface area contributed by atoms with Gasteiger partial charge in [0.15, 0.2) is 0 Å². The minimum Gasteiger partial charge on any atom is -0.308 e. The van der Waals surface area contributed by atoms with Gasteiger partial charge in [-0.05, 0) is 151 Å². The van der Waals surface area contributed by atoms with Gasteiger partial charge in [-0.25, -0.2) is 0 Å². The lowest BCUT2D eigenvalue weighted by atomic mass is 9.64. The molecule has 2 saturated carbocycles. The van der Waals surface area contributed by atoms with Crippen molar-refractivity contribution < 1.29 is 0 Å². The molecule has 0 amide bonds. The fourth-order valence-electron chi connectivity index (χ4n) is 11.1. The molecule has 4 aromatic carbocycles. The lowest BCUT2D eigenvalue weighted by Gasteiger charge is -2.40. The Bertz CT molecular complexity index is 2340. The molecule has 0 radical (unpaired) electrons. The van der Waals surface area contributed by atoms with Gasteiger partial charge in [0.2, 0.25) is 0 Å². The summed E-state index contributed by atoms with van der Waals surface area (Å²) in [7, 11) is 0. The predicted octanol–water partition coefficient (Wildman–Crippen LogP) is 9.86. The van der Waals surface area contributed by atoms with E-state index in [1.165, 1.54) is 134 Å². The van der Waals surface area contributed by atoms with Gasteiger partial charge in [0.1, 0.15) is 0 Å². The van der Waals surface area contributed by atoms with Gasteiger partial charge in [-0.15, -0.1) is 0 Å². The summed E-state index contributed by atoms with van der Waals surface area (Å²) in [6, 6.07) is 21.4. The Morgan fingerprint density at radius 2 is 1.14 bits per heavy atom. The fourth-order valence-corrected chi connectivity index (χ4v) is 11.1. The number of nitrogens with zero attached hydrogens (tertiary/aromatic N) is 3. The van der Waals surface area contributed by atoms with Crippen LogP contribution >= 0.6 is 0 Å². The van der Waals surface area contributed by atoms with Gasteiger partial charge >= 0.3 is 0 Å². The number of benzene rings is 4. The van der Waals surface area contributed by atoms with Gasteiger partial charge in [0, 0.05) is 21.5 Å². The number of hydrogen-bond donors (Lipinski definition) is 0. The van der Waals surface area contributed by atoms with Gasteiger partial charge in [-0.1, -0.05) is 24.3 Å². The highest BCUT2D eigenvalue weighted by Crippen LogP contribution is 2.59. The van der Waals surface area contributed by atoms with E-state index >= 15 is 0 Å². The third-order valence-corrected chi connectivity index (χ3v) is 12.7. The molecule has 13 rings (SSSR count). The van der Waals surface area contributed by atoms with Crippen LogP contribution in [0.15, 0.2) is 42.5 Å². The SMILES string of the molecule is N#Cc1cc2c(c3c1C1CCC3CC1)c1cc3c(c4c5c6c(c(C#N)cc5n2c14)C1CCC6CC1)CCc1ccccc1-3. The van der Waals surface area contributed by atoms with Crippen LogP contribution in [0.4, 0.5) is 0 Å². The van der Waals surface area contributed by atoms with Crippen LogP contribution in [-0.4, -0.2) is 4.40 Å². The van der Waals surface area contributed by atoms with E-state index in [1.807, 2.05) is 0 Å². The Labute approximate surface area is 250 Å². The van der Waals surface area contributed by atoms with Gasteiger partial charge in [0.25, 0.3) is 0 Å². The van der Waals surface area contributed by atoms with Crippen molar-refractivity contribution >= 4 is 38.1 Å². The highest BCUT2D eigenvalue weighted by Gasteiger charge is 2.41. The zero-order valence-electron chi connectivity index (χ0n) is 24.3. The molecule has 206 valence electrons. The average molecular weight is 554 g/mol. The lowest BCUT2D eigenvalue weighted by Crippen LogP contribution is -2.23. The third-order valence-electron chi connectivity index (χ3n) is 12.7. The molecule has 6 aromatic rings. The summed E-state index contributed by atoms with van der Waals surface area (Å²) in [4.78, 5) is 0. The summed E-state index contributed by atoms with van der Waals surface area (Å²) in [6.45, 7) is 0. The molecule has 43 heavy (non-hydrogen) atoms. The second kappa shape index (κ2) is 7.78. The van der Waals surface area contributed by atoms with Crippen molar-refractivity contribution in [1.29, 1.82) is 10.5 Å². The van der Waals surface area contributed by atoms with E-state index in [0.717, 1.165) is 24.0 Å². The van der Waals surface area contributed by atoms with Crippen LogP contribution in [0.3, 0.4) is 0 Å². The molecule has 0 saturated heterocycles. The van der Waals surface area contributed by atoms with Crippen molar-refractivity contribution in [3.8, 4) is 23.3 Å². The maximum absolute atomic E-state index is 10.5. The monoisotopic (exact) mass is 553 g/mol. The first kappa shape index (κ1) is 23.2. The lowest BCUT2D eigenvalue weighted by molar-refractivity contribution is 0.360. The minimum absolute atomic E-state index is 0.512. The zero-order valence-corrected chi connectivity index (χ0v) is 24.3. The second-order valence-electron chi connectivity index (χ2n) is 14.3. The van der Waals surface area contributed by atoms with Crippen LogP contribution in [0.5, 0.6) is 0 Å². The van der Waals surface area contributed by atoms with Crippen molar-refractivity contribution in [3.63, 3.8) is 0 Å². The molecule has 2 heterocycles. The Kier molecular flexibility index (Phi) is 4.19. The van der Waals surface area contributed by atoms with Crippen LogP contribution in [0.1, 0.15) is 120 Å². The summed E-state index contributed by atoms with van der Waals surface area (Å²) in [5.74, 6) is 2.10. The molecule has 3 nitrogen and oxygen atoms in total. The van der Waals surface area contributed by atoms with E-state index in [4.69, 9.17) is 0 Å². The molecule has 7 aliphatic rings. The molecular formula is C40H31N3. The van der Waals surface area contributed by atoms with Crippen molar-refractivity contribution in [3.05, 3.63) is 87.0 Å². The first-order chi connectivity index (χ1) is 21.2. The van der Waals surface area contributed by atoms with Crippen molar-refractivity contribution in [2.24, 2.45) is 0 Å². The molecule has 0 atom stereocenters. The molecule has 0 spiro atoms. The summed E-state index contributed by atoms with van der Waals surface area (Å²) in [5, 5.41) is 26.7. The normalized spacial score (nSPS) is 24.7. The van der Waals surface area contributed by atoms with Crippen LogP contribution in [0.2, 0.25) is 0 Å². The maximum Gasteiger partial charge on any atom is 0.0995 e. The molecule has 0 N–H and O–H groups in total. The first-order valence-corrected chi connectivity index (χ1v) is 16.6. The van der Waals surface area contributed by atoms with Crippen molar-refractivity contribution in [2.45, 2.75) is 87.9 Å². The molecular weight excluding hydrogens is 522 g/mol. The van der Waals surface area contributed by atoms with E-state index in [-0.39, 0.29) is 0 Å². The fraction of sp³-hybridized carbons (Fsp3) is 0.350. The average Bonchev–Trinajstić information content (AvgIpc) is 3.60. The zero-order chi connectivity index (χ0) is 28.1. The second-order valence-corrected chi connectivity index (χ2v) is 14.3. The topological polar surface area (TPSA) is 52.0 Å². The van der Waals surface area contributed by atoms with E-state index in [9.17, 15) is 10.5 Å². The van der Waals surface area contributed by atoms with E-state index in [1.54, 1.807) is 0 Å². The number of rotatable bonds is 0. The quantitative estimate of drug-likeness (QED) is 0.188. The number of aromatic nitrogens is 1. The predicted molar refractivity (Wildman–Crippen MR) is 171 cm³/mol. The standard InChI is InChI=1S/C40H31N3/c41-18-25-15-31-37(35-23-9-5-21(6-10-23)33(25)35)30-17-29-27-4-2-1-3-20(27)13-14-28(29)38-39-32(43(31)40(30)38)16-26(19-42)34-22-7-11-24(12-8-22)36(34)39/h1-4,15-17,21-24H,5-14H2. The molecule has 2 aromatic heterocycles. The van der Waals surface area contributed by atoms with Crippen molar-refractivity contribution in [2.75, 3.05) is 0 Å². The summed E-state index contributed by atoms with van der Waals surface area (Å²) < 4.78 is 2.52. The Morgan fingerprint density at radius 1 is 0.581 bits per heavy atom. The minimum atomic E-state index is 0.512. The maximum atomic E-state index is 10.5. The van der Waals surface area contributed by atoms with E-state index < -0.39 is 0 Å². The molecule has 7 aliphatic carbocycles. The van der Waals surface area contributed by atoms with Crippen molar-refractivity contribution in [1.82, 2.24) is 4.40 Å². The van der Waals surface area contributed by atoms with Crippen LogP contribution in [0, 0.1) is 22.7 Å². The molecule has 3 heteroatoms. The molecule has 4 bridgehead atoms. The van der Waals surface area contributed by atoms with E-state index in [2.05, 4.69) is 59.0 Å². The van der Waals surface area contributed by atoms with Gasteiger partial charge in [-0.3, -0.25) is 0 Å². The molecule has 0 aliphatic heterocycles. The number of aryl methyl sites for hydroxylation is 2. The Balaban J connectivity index is 1.43. The highest BCUT2D eigenvalue weighted by atomic mass is 14.9. The molecule has 0 unspecified atom stereocenters. The third kappa shape index (κ3) is 2.60. The summed E-state index contributed by atoms with van der Waals surface area (Å²) in [6.07, 6.45) is 11.9. The Morgan fingerprint density at radius 3 is 1.77 bits per heavy atom. The largest absolute Gasteiger partial charge is 0.308 e. The van der Waals surface area contributed by atoms with Crippen LogP contribution < -0.4 is 0 Å². The van der Waals surface area contributed by atoms with Gasteiger partial charge in [0.05, 0.1) is 39.8 Å². The molecule has 2 fully saturated rings. The highest BCUT2D eigenvalue weighted by molar-refractivity contribution is 6.28. The summed E-state index contributed by atoms with van der Waals surface area (Å²) >= 11 is 0. The van der Waals surface area contributed by atoms with Gasteiger partial charge < -0.3 is 4.40 Å². The first-order valence-electron chi connectivity index (χ1n) is 16.6. The van der Waals surface area contributed by atoms with Gasteiger partial charge in [-0.2, -0.15) is 10.5 Å². The van der Waals surface area contributed by atoms with Crippen LogP contribution in [-0.2, 0) is 12.8 Å². The Hall–Kier alpha value is -4.34. The smallest absolute Gasteiger partial charge is 0.0995 e. The number of hydrogen-bond acceptors (Lipinski definition) is 2. The summed E-state index contributed by atoms with van der Waals surface area (Å²) in [5.41, 5.74) is 17.0. The number of fused-ring (bicyclic) bond motifs is 14. The number of nitriles is 2. The van der Waals surface area contributed by atoms with Crippen LogP contribution in [0.25, 0.3) is 49.2 Å². The van der Waals surface area contributed by atoms with E-state index in [0.29, 0.717) is 23.7 Å².